The maximum atomic E-state index is 12.2. The Bertz CT molecular complexity index is 456. The van der Waals surface area contributed by atoms with E-state index in [4.69, 9.17) is 0 Å². The lowest BCUT2D eigenvalue weighted by Crippen LogP contribution is -2.41. The Balaban J connectivity index is 1.51. The van der Waals surface area contributed by atoms with Crippen LogP contribution in [0, 0.1) is 5.92 Å². The average molecular weight is 289 g/mol. The van der Waals surface area contributed by atoms with Crippen molar-refractivity contribution < 1.29 is 4.79 Å². The van der Waals surface area contributed by atoms with Crippen LogP contribution in [-0.4, -0.2) is 53.0 Å². The van der Waals surface area contributed by atoms with Gasteiger partial charge in [0.25, 0.3) is 0 Å². The Hall–Kier alpha value is -1.53. The summed E-state index contributed by atoms with van der Waals surface area (Å²) in [5.74, 6) is 1.09. The molecule has 2 aliphatic rings. The fraction of sp³-hybridized carbons (Fsp3) is 0.667. The number of carbonyl (C=O) groups is 1. The van der Waals surface area contributed by atoms with E-state index < -0.39 is 0 Å². The van der Waals surface area contributed by atoms with Crippen molar-refractivity contribution in [3.63, 3.8) is 0 Å². The Labute approximate surface area is 125 Å². The number of aromatic nitrogens is 2. The molecule has 2 fully saturated rings. The van der Waals surface area contributed by atoms with Crippen LogP contribution in [-0.2, 0) is 4.79 Å². The average Bonchev–Trinajstić information content (AvgIpc) is 3.33. The van der Waals surface area contributed by atoms with Crippen molar-refractivity contribution in [2.75, 3.05) is 31.5 Å². The summed E-state index contributed by atoms with van der Waals surface area (Å²) in [6.07, 6.45) is 8.14. The first-order chi connectivity index (χ1) is 10.3. The molecule has 2 heterocycles. The standard InChI is InChI=1S/C15H23N5O/c21-14(19-15-17-6-1-7-18-15)11-20(13-2-3-13)10-12-4-8-16-9-5-12/h1,6-7,12-13,16H,2-5,8-11H2,(H,17,18,19,21). The van der Waals surface area contributed by atoms with Gasteiger partial charge in [-0.15, -0.1) is 0 Å². The number of rotatable bonds is 6. The maximum Gasteiger partial charge on any atom is 0.240 e. The van der Waals surface area contributed by atoms with Gasteiger partial charge in [0.2, 0.25) is 11.9 Å². The number of amides is 1. The van der Waals surface area contributed by atoms with Gasteiger partial charge in [-0.25, -0.2) is 9.97 Å². The Kier molecular flexibility index (Phi) is 4.77. The fourth-order valence-corrected chi connectivity index (χ4v) is 2.89. The van der Waals surface area contributed by atoms with E-state index in [0.717, 1.165) is 19.6 Å². The van der Waals surface area contributed by atoms with E-state index in [1.165, 1.54) is 25.7 Å². The maximum absolute atomic E-state index is 12.2. The van der Waals surface area contributed by atoms with Crippen LogP contribution >= 0.6 is 0 Å². The lowest BCUT2D eigenvalue weighted by Gasteiger charge is -2.29. The highest BCUT2D eigenvalue weighted by Gasteiger charge is 2.32. The Morgan fingerprint density at radius 3 is 2.62 bits per heavy atom. The lowest BCUT2D eigenvalue weighted by atomic mass is 9.97. The molecule has 21 heavy (non-hydrogen) atoms. The van der Waals surface area contributed by atoms with Crippen LogP contribution in [0.4, 0.5) is 5.95 Å². The van der Waals surface area contributed by atoms with Gasteiger partial charge in [0, 0.05) is 25.0 Å². The second kappa shape index (κ2) is 6.95. The van der Waals surface area contributed by atoms with Crippen LogP contribution in [0.2, 0.25) is 0 Å². The lowest BCUT2D eigenvalue weighted by molar-refractivity contribution is -0.117. The minimum Gasteiger partial charge on any atom is -0.317 e. The zero-order valence-corrected chi connectivity index (χ0v) is 12.3. The van der Waals surface area contributed by atoms with E-state index >= 15 is 0 Å². The quantitative estimate of drug-likeness (QED) is 0.813. The molecule has 0 aromatic carbocycles. The summed E-state index contributed by atoms with van der Waals surface area (Å²) in [5.41, 5.74) is 0. The van der Waals surface area contributed by atoms with Crippen LogP contribution in [0.3, 0.4) is 0 Å². The molecule has 1 aromatic rings. The molecular formula is C15H23N5O. The van der Waals surface area contributed by atoms with Gasteiger partial charge in [-0.1, -0.05) is 0 Å². The predicted octanol–water partition coefficient (Wildman–Crippen LogP) is 0.879. The molecule has 1 saturated carbocycles. The van der Waals surface area contributed by atoms with E-state index in [0.29, 0.717) is 24.5 Å². The summed E-state index contributed by atoms with van der Waals surface area (Å²) in [5, 5.41) is 6.17. The molecule has 1 aromatic heterocycles. The zero-order chi connectivity index (χ0) is 14.5. The molecular weight excluding hydrogens is 266 g/mol. The van der Waals surface area contributed by atoms with E-state index in [-0.39, 0.29) is 5.91 Å². The summed E-state index contributed by atoms with van der Waals surface area (Å²) in [6, 6.07) is 2.34. The first kappa shape index (κ1) is 14.4. The third-order valence-corrected chi connectivity index (χ3v) is 4.18. The summed E-state index contributed by atoms with van der Waals surface area (Å²) < 4.78 is 0. The topological polar surface area (TPSA) is 70.2 Å². The summed E-state index contributed by atoms with van der Waals surface area (Å²) >= 11 is 0. The minimum atomic E-state index is -0.0120. The van der Waals surface area contributed by atoms with Gasteiger partial charge < -0.3 is 5.32 Å². The van der Waals surface area contributed by atoms with E-state index in [9.17, 15) is 4.79 Å². The van der Waals surface area contributed by atoms with Crippen molar-refractivity contribution >= 4 is 11.9 Å². The van der Waals surface area contributed by atoms with Crippen molar-refractivity contribution in [3.05, 3.63) is 18.5 Å². The Morgan fingerprint density at radius 2 is 1.95 bits per heavy atom. The summed E-state index contributed by atoms with van der Waals surface area (Å²) in [4.78, 5) is 22.6. The molecule has 0 bridgehead atoms. The number of nitrogens with one attached hydrogen (secondary N) is 2. The smallest absolute Gasteiger partial charge is 0.240 e. The van der Waals surface area contributed by atoms with Gasteiger partial charge >= 0.3 is 0 Å². The van der Waals surface area contributed by atoms with Crippen molar-refractivity contribution in [1.29, 1.82) is 0 Å². The molecule has 2 N–H and O–H groups in total. The van der Waals surface area contributed by atoms with Gasteiger partial charge in [0.15, 0.2) is 0 Å². The molecule has 0 atom stereocenters. The van der Waals surface area contributed by atoms with Crippen LogP contribution in [0.15, 0.2) is 18.5 Å². The van der Waals surface area contributed by atoms with Crippen LogP contribution < -0.4 is 10.6 Å². The first-order valence-electron chi connectivity index (χ1n) is 7.83. The molecule has 1 saturated heterocycles. The fourth-order valence-electron chi connectivity index (χ4n) is 2.89. The molecule has 6 nitrogen and oxygen atoms in total. The molecule has 1 amide bonds. The van der Waals surface area contributed by atoms with Crippen molar-refractivity contribution in [3.8, 4) is 0 Å². The number of nitrogens with zero attached hydrogens (tertiary/aromatic N) is 3. The number of carbonyl (C=O) groups excluding carboxylic acids is 1. The molecule has 114 valence electrons. The van der Waals surface area contributed by atoms with Crippen molar-refractivity contribution in [2.45, 2.75) is 31.7 Å². The third-order valence-electron chi connectivity index (χ3n) is 4.18. The SMILES string of the molecule is O=C(CN(CC1CCNCC1)C1CC1)Nc1ncccn1. The van der Waals surface area contributed by atoms with Crippen LogP contribution in [0.1, 0.15) is 25.7 Å². The molecule has 1 aliphatic carbocycles. The molecule has 0 unspecified atom stereocenters. The second-order valence-electron chi connectivity index (χ2n) is 5.97. The zero-order valence-electron chi connectivity index (χ0n) is 12.3. The molecule has 1 aliphatic heterocycles. The minimum absolute atomic E-state index is 0.0120. The highest BCUT2D eigenvalue weighted by atomic mass is 16.2. The van der Waals surface area contributed by atoms with Crippen molar-refractivity contribution in [2.24, 2.45) is 5.92 Å². The van der Waals surface area contributed by atoms with E-state index in [1.54, 1.807) is 18.5 Å². The molecule has 3 rings (SSSR count). The second-order valence-corrected chi connectivity index (χ2v) is 5.97. The first-order valence-corrected chi connectivity index (χ1v) is 7.83. The van der Waals surface area contributed by atoms with Gasteiger partial charge in [0.1, 0.15) is 0 Å². The van der Waals surface area contributed by atoms with Gasteiger partial charge in [-0.2, -0.15) is 0 Å². The largest absolute Gasteiger partial charge is 0.317 e. The van der Waals surface area contributed by atoms with Crippen molar-refractivity contribution in [1.82, 2.24) is 20.2 Å². The van der Waals surface area contributed by atoms with E-state index in [2.05, 4.69) is 25.5 Å². The highest BCUT2D eigenvalue weighted by molar-refractivity contribution is 5.90. The van der Waals surface area contributed by atoms with Crippen LogP contribution in [0.25, 0.3) is 0 Å². The number of piperidine rings is 1. The van der Waals surface area contributed by atoms with Gasteiger partial charge in [-0.05, 0) is 50.8 Å². The predicted molar refractivity (Wildman–Crippen MR) is 80.9 cm³/mol. The summed E-state index contributed by atoms with van der Waals surface area (Å²) in [6.45, 7) is 3.70. The summed E-state index contributed by atoms with van der Waals surface area (Å²) in [7, 11) is 0. The number of hydrogen-bond donors (Lipinski definition) is 2. The Morgan fingerprint density at radius 1 is 1.24 bits per heavy atom. The molecule has 0 spiro atoms. The normalized spacial score (nSPS) is 19.7. The number of hydrogen-bond acceptors (Lipinski definition) is 5. The third kappa shape index (κ3) is 4.47. The highest BCUT2D eigenvalue weighted by Crippen LogP contribution is 2.28. The monoisotopic (exact) mass is 289 g/mol. The van der Waals surface area contributed by atoms with Gasteiger partial charge in [0.05, 0.1) is 6.54 Å². The number of anilines is 1. The molecule has 0 radical (unpaired) electrons. The van der Waals surface area contributed by atoms with E-state index in [1.807, 2.05) is 0 Å². The molecule has 6 heteroatoms. The van der Waals surface area contributed by atoms with Gasteiger partial charge in [-0.3, -0.25) is 15.0 Å². The van der Waals surface area contributed by atoms with Crippen LogP contribution in [0.5, 0.6) is 0 Å².